The first kappa shape index (κ1) is 10.3. The minimum absolute atomic E-state index is 0.0506. The highest BCUT2D eigenvalue weighted by Crippen LogP contribution is 2.25. The van der Waals surface area contributed by atoms with Crippen molar-refractivity contribution in [1.82, 2.24) is 0 Å². The molecule has 2 atom stereocenters. The second kappa shape index (κ2) is 5.07. The summed E-state index contributed by atoms with van der Waals surface area (Å²) in [6, 6.07) is 0. The molecule has 0 saturated heterocycles. The maximum absolute atomic E-state index is 10.3. The zero-order valence-corrected chi connectivity index (χ0v) is 7.86. The molecule has 1 aliphatic rings. The fourth-order valence-electron chi connectivity index (χ4n) is 1.72. The molecule has 0 aromatic carbocycles. The number of carbonyl (C=O) groups excluding carboxylic acids is 1. The van der Waals surface area contributed by atoms with Crippen LogP contribution in [-0.4, -0.2) is 23.8 Å². The van der Waals surface area contributed by atoms with Gasteiger partial charge in [-0.05, 0) is 19.8 Å². The lowest BCUT2D eigenvalue weighted by Gasteiger charge is -2.22. The van der Waals surface area contributed by atoms with Crippen LogP contribution in [0.2, 0.25) is 0 Å². The van der Waals surface area contributed by atoms with Gasteiger partial charge in [0.15, 0.2) is 6.61 Å². The molecule has 4 nitrogen and oxygen atoms in total. The van der Waals surface area contributed by atoms with Crippen LogP contribution in [0.5, 0.6) is 0 Å². The molecule has 0 aromatic heterocycles. The third-order valence-electron chi connectivity index (χ3n) is 2.40. The Kier molecular flexibility index (Phi) is 4.02. The van der Waals surface area contributed by atoms with Gasteiger partial charge in [0.1, 0.15) is 5.92 Å². The average molecular weight is 188 g/mol. The van der Waals surface area contributed by atoms with Crippen molar-refractivity contribution in [3.05, 3.63) is 0 Å². The van der Waals surface area contributed by atoms with E-state index in [1.807, 2.05) is 0 Å². The van der Waals surface area contributed by atoms with E-state index in [9.17, 15) is 10.4 Å². The average Bonchev–Trinajstić information content (AvgIpc) is 2.16. The van der Waals surface area contributed by atoms with Crippen LogP contribution in [0.3, 0.4) is 0 Å². The van der Waals surface area contributed by atoms with Gasteiger partial charge in [0, 0.05) is 0 Å². The lowest BCUT2D eigenvalue weighted by atomic mass is 9.87. The van der Waals surface area contributed by atoms with E-state index in [0.29, 0.717) is 6.61 Å². The molecule has 0 amide bonds. The fourth-order valence-corrected chi connectivity index (χ4v) is 1.72. The first-order valence-corrected chi connectivity index (χ1v) is 4.77. The molecular formula is C9H16O4. The quantitative estimate of drug-likeness (QED) is 0.285. The molecule has 1 rings (SSSR count). The van der Waals surface area contributed by atoms with Crippen molar-refractivity contribution in [2.24, 2.45) is 5.92 Å². The van der Waals surface area contributed by atoms with Gasteiger partial charge in [0.2, 0.25) is 0 Å². The fraction of sp³-hybridized carbons (Fsp3) is 0.889. The van der Waals surface area contributed by atoms with E-state index in [2.05, 4.69) is 4.58 Å². The van der Waals surface area contributed by atoms with Crippen molar-refractivity contribution >= 4 is 5.97 Å². The maximum Gasteiger partial charge on any atom is 0.503 e. The molecule has 4 heteroatoms. The highest BCUT2D eigenvalue weighted by atomic mass is 17.1. The molecule has 1 fully saturated rings. The summed E-state index contributed by atoms with van der Waals surface area (Å²) in [7, 11) is 0. The van der Waals surface area contributed by atoms with E-state index in [1.165, 1.54) is 0 Å². The summed E-state index contributed by atoms with van der Waals surface area (Å²) < 4.78 is 8.91. The lowest BCUT2D eigenvalue weighted by molar-refractivity contribution is -1.05. The van der Waals surface area contributed by atoms with E-state index >= 15 is 0 Å². The Bertz CT molecular complexity index is 178. The number of hydrogen-bond donors (Lipinski definition) is 1. The number of esters is 1. The van der Waals surface area contributed by atoms with Crippen LogP contribution >= 0.6 is 0 Å². The standard InChI is InChI=1S/C9H16O4/c1-2-12-9(13-11)7-5-3-4-6-8(7)10/h7-8,10H,2-6H2,1H3. The molecule has 1 aliphatic carbocycles. The minimum atomic E-state index is -0.482. The van der Waals surface area contributed by atoms with E-state index in [4.69, 9.17) is 4.74 Å². The van der Waals surface area contributed by atoms with E-state index in [0.717, 1.165) is 25.7 Å². The highest BCUT2D eigenvalue weighted by molar-refractivity contribution is 5.73. The maximum atomic E-state index is 10.3. The second-order valence-corrected chi connectivity index (χ2v) is 3.29. The number of aliphatic hydroxyl groups is 1. The SMILES string of the molecule is CCOC(=[O+][O-])C1CCCCC1O. The number of ether oxygens (including phenoxy) is 1. The van der Waals surface area contributed by atoms with E-state index < -0.39 is 6.10 Å². The molecule has 0 bridgehead atoms. The first-order chi connectivity index (χ1) is 6.29. The summed E-state index contributed by atoms with van der Waals surface area (Å²) in [5.41, 5.74) is 0. The van der Waals surface area contributed by atoms with Gasteiger partial charge in [-0.1, -0.05) is 12.8 Å². The summed E-state index contributed by atoms with van der Waals surface area (Å²) >= 11 is 0. The molecular weight excluding hydrogens is 172 g/mol. The Labute approximate surface area is 77.8 Å². The van der Waals surface area contributed by atoms with Gasteiger partial charge in [-0.15, -0.1) is 0 Å². The highest BCUT2D eigenvalue weighted by Gasteiger charge is 2.36. The normalized spacial score (nSPS) is 30.2. The topological polar surface area (TPSA) is 63.8 Å². The van der Waals surface area contributed by atoms with Gasteiger partial charge in [-0.2, -0.15) is 0 Å². The number of rotatable bonds is 2. The van der Waals surface area contributed by atoms with Crippen LogP contribution in [0.25, 0.3) is 0 Å². The van der Waals surface area contributed by atoms with E-state index in [-0.39, 0.29) is 11.9 Å². The molecule has 13 heavy (non-hydrogen) atoms. The van der Waals surface area contributed by atoms with Gasteiger partial charge in [0.05, 0.1) is 6.10 Å². The second-order valence-electron chi connectivity index (χ2n) is 3.29. The van der Waals surface area contributed by atoms with Crippen LogP contribution in [0, 0.1) is 5.92 Å². The number of aliphatic hydroxyl groups excluding tert-OH is 1. The van der Waals surface area contributed by atoms with Crippen LogP contribution in [0.15, 0.2) is 0 Å². The molecule has 0 aromatic rings. The lowest BCUT2D eigenvalue weighted by Crippen LogP contribution is -2.35. The van der Waals surface area contributed by atoms with Gasteiger partial charge in [0.25, 0.3) is 0 Å². The monoisotopic (exact) mass is 188 g/mol. The zero-order valence-electron chi connectivity index (χ0n) is 7.86. The summed E-state index contributed by atoms with van der Waals surface area (Å²) in [5, 5.41) is 19.9. The van der Waals surface area contributed by atoms with Gasteiger partial charge in [-0.25, -0.2) is 0 Å². The Morgan fingerprint density at radius 1 is 1.54 bits per heavy atom. The summed E-state index contributed by atoms with van der Waals surface area (Å²) in [6.45, 7) is 2.19. The third kappa shape index (κ3) is 2.59. The Morgan fingerprint density at radius 3 is 2.77 bits per heavy atom. The molecule has 1 saturated carbocycles. The summed E-state index contributed by atoms with van der Waals surface area (Å²) in [4.78, 5) is 0. The van der Waals surface area contributed by atoms with Crippen molar-refractivity contribution in [3.8, 4) is 0 Å². The molecule has 76 valence electrons. The van der Waals surface area contributed by atoms with Crippen molar-refractivity contribution in [2.75, 3.05) is 6.61 Å². The third-order valence-corrected chi connectivity index (χ3v) is 2.40. The van der Waals surface area contributed by atoms with Crippen LogP contribution in [-0.2, 0) is 9.31 Å². The molecule has 2 unspecified atom stereocenters. The van der Waals surface area contributed by atoms with Crippen molar-refractivity contribution in [1.29, 1.82) is 0 Å². The first-order valence-electron chi connectivity index (χ1n) is 4.77. The van der Waals surface area contributed by atoms with Gasteiger partial charge < -0.3 is 15.1 Å². The molecule has 0 aliphatic heterocycles. The summed E-state index contributed by atoms with van der Waals surface area (Å²) in [5.74, 6) is -0.180. The van der Waals surface area contributed by atoms with Gasteiger partial charge in [-0.3, -0.25) is 4.58 Å². The number of hydrogen-bond acceptors (Lipinski definition) is 3. The molecule has 0 heterocycles. The molecule has 0 radical (unpaired) electrons. The van der Waals surface area contributed by atoms with Crippen LogP contribution in [0.4, 0.5) is 0 Å². The van der Waals surface area contributed by atoms with Crippen LogP contribution in [0.1, 0.15) is 32.6 Å². The predicted octanol–water partition coefficient (Wildman–Crippen LogP) is -0.0884. The smallest absolute Gasteiger partial charge is 0.503 e. The van der Waals surface area contributed by atoms with Crippen molar-refractivity contribution in [3.63, 3.8) is 0 Å². The summed E-state index contributed by atoms with van der Waals surface area (Å²) in [6.07, 6.45) is 3.05. The Morgan fingerprint density at radius 2 is 2.23 bits per heavy atom. The van der Waals surface area contributed by atoms with Crippen LogP contribution < -0.4 is 5.26 Å². The Balaban J connectivity index is 2.55. The van der Waals surface area contributed by atoms with E-state index in [1.54, 1.807) is 6.92 Å². The molecule has 0 spiro atoms. The van der Waals surface area contributed by atoms with Crippen molar-refractivity contribution < 1.29 is 19.7 Å². The Hall–Kier alpha value is -0.770. The minimum Gasteiger partial charge on any atom is -0.588 e. The zero-order chi connectivity index (χ0) is 9.68. The predicted molar refractivity (Wildman–Crippen MR) is 44.6 cm³/mol. The largest absolute Gasteiger partial charge is 0.588 e. The van der Waals surface area contributed by atoms with Crippen molar-refractivity contribution in [2.45, 2.75) is 38.7 Å². The molecule has 1 N–H and O–H groups in total. The van der Waals surface area contributed by atoms with Gasteiger partial charge >= 0.3 is 5.97 Å².